The van der Waals surface area contributed by atoms with Gasteiger partial charge in [-0.05, 0) is 18.9 Å². The molecule has 0 aromatic carbocycles. The summed E-state index contributed by atoms with van der Waals surface area (Å²) in [5.74, 6) is 0. The van der Waals surface area contributed by atoms with Gasteiger partial charge in [0, 0.05) is 11.8 Å². The molecule has 0 amide bonds. The average Bonchev–Trinajstić information content (AvgIpc) is 1.90. The highest BCUT2D eigenvalue weighted by atomic mass is 16.6. The van der Waals surface area contributed by atoms with E-state index < -0.39 is 6.04 Å². The van der Waals surface area contributed by atoms with Crippen molar-refractivity contribution in [3.63, 3.8) is 0 Å². The van der Waals surface area contributed by atoms with Gasteiger partial charge in [0.05, 0.1) is 0 Å². The fourth-order valence-electron chi connectivity index (χ4n) is 0.876. The molecule has 1 atom stereocenters. The summed E-state index contributed by atoms with van der Waals surface area (Å²) < 4.78 is 0. The monoisotopic (exact) mass is 143 g/mol. The number of allylic oxidation sites excluding steroid dienone is 1. The van der Waals surface area contributed by atoms with Crippen molar-refractivity contribution in [3.8, 4) is 0 Å². The van der Waals surface area contributed by atoms with Gasteiger partial charge in [-0.1, -0.05) is 13.0 Å². The molecule has 0 rings (SSSR count). The van der Waals surface area contributed by atoms with Crippen LogP contribution in [-0.2, 0) is 0 Å². The Kier molecular flexibility index (Phi) is 3.69. The highest BCUT2D eigenvalue weighted by Crippen LogP contribution is 2.08. The van der Waals surface area contributed by atoms with E-state index in [1.807, 2.05) is 19.9 Å². The van der Waals surface area contributed by atoms with Gasteiger partial charge in [-0.2, -0.15) is 0 Å². The standard InChI is InChI=1S/C7H13NO2/c1-4-7(5-2)6(3)8(9)10/h4,6H,5H2,1-3H3. The minimum atomic E-state index is -0.519. The van der Waals surface area contributed by atoms with Crippen LogP contribution in [0.4, 0.5) is 0 Å². The van der Waals surface area contributed by atoms with Gasteiger partial charge in [0.15, 0.2) is 0 Å². The fraction of sp³-hybridized carbons (Fsp3) is 0.714. The molecule has 0 spiro atoms. The zero-order valence-corrected chi connectivity index (χ0v) is 6.63. The second-order valence-electron chi connectivity index (χ2n) is 2.18. The molecule has 58 valence electrons. The number of nitrogens with zero attached hydrogens (tertiary/aromatic N) is 1. The minimum absolute atomic E-state index is 0.265. The Bertz CT molecular complexity index is 152. The lowest BCUT2D eigenvalue weighted by Gasteiger charge is -2.04. The fourth-order valence-corrected chi connectivity index (χ4v) is 0.876. The number of rotatable bonds is 3. The molecule has 1 unspecified atom stereocenters. The second-order valence-corrected chi connectivity index (χ2v) is 2.18. The topological polar surface area (TPSA) is 43.1 Å². The lowest BCUT2D eigenvalue weighted by Crippen LogP contribution is -2.17. The summed E-state index contributed by atoms with van der Waals surface area (Å²) in [6.07, 6.45) is 2.58. The molecule has 10 heavy (non-hydrogen) atoms. The van der Waals surface area contributed by atoms with Crippen LogP contribution in [0.15, 0.2) is 11.6 Å². The summed E-state index contributed by atoms with van der Waals surface area (Å²) in [5, 5.41) is 10.2. The van der Waals surface area contributed by atoms with E-state index in [1.165, 1.54) is 0 Å². The van der Waals surface area contributed by atoms with Crippen molar-refractivity contribution in [1.29, 1.82) is 0 Å². The Morgan fingerprint density at radius 3 is 2.40 bits per heavy atom. The first-order valence-corrected chi connectivity index (χ1v) is 3.42. The number of nitro groups is 1. The van der Waals surface area contributed by atoms with E-state index in [0.29, 0.717) is 0 Å². The first kappa shape index (κ1) is 9.14. The van der Waals surface area contributed by atoms with Crippen LogP contribution in [0.3, 0.4) is 0 Å². The quantitative estimate of drug-likeness (QED) is 0.344. The zero-order chi connectivity index (χ0) is 8.15. The lowest BCUT2D eigenvalue weighted by molar-refractivity contribution is -0.507. The minimum Gasteiger partial charge on any atom is -0.264 e. The van der Waals surface area contributed by atoms with Crippen LogP contribution in [0.2, 0.25) is 0 Å². The van der Waals surface area contributed by atoms with Crippen LogP contribution in [-0.4, -0.2) is 11.0 Å². The molecule has 0 N–H and O–H groups in total. The van der Waals surface area contributed by atoms with Crippen molar-refractivity contribution in [1.82, 2.24) is 0 Å². The molecule has 0 saturated carbocycles. The summed E-state index contributed by atoms with van der Waals surface area (Å²) in [5.41, 5.74) is 0.894. The molecule has 0 saturated heterocycles. The molecular weight excluding hydrogens is 130 g/mol. The Balaban J connectivity index is 4.17. The third kappa shape index (κ3) is 2.17. The molecule has 0 heterocycles. The maximum Gasteiger partial charge on any atom is 0.231 e. The zero-order valence-electron chi connectivity index (χ0n) is 6.63. The van der Waals surface area contributed by atoms with Crippen molar-refractivity contribution in [2.24, 2.45) is 0 Å². The molecule has 0 bridgehead atoms. The van der Waals surface area contributed by atoms with Gasteiger partial charge in [0.1, 0.15) is 0 Å². The van der Waals surface area contributed by atoms with Crippen LogP contribution in [0, 0.1) is 10.1 Å². The molecule has 0 fully saturated rings. The summed E-state index contributed by atoms with van der Waals surface area (Å²) in [7, 11) is 0. The van der Waals surface area contributed by atoms with Crippen LogP contribution in [0.25, 0.3) is 0 Å². The van der Waals surface area contributed by atoms with Gasteiger partial charge < -0.3 is 0 Å². The van der Waals surface area contributed by atoms with E-state index in [1.54, 1.807) is 6.92 Å². The summed E-state index contributed by atoms with van der Waals surface area (Å²) in [6, 6.07) is -0.519. The van der Waals surface area contributed by atoms with Crippen LogP contribution in [0.5, 0.6) is 0 Å². The van der Waals surface area contributed by atoms with Crippen LogP contribution < -0.4 is 0 Å². The highest BCUT2D eigenvalue weighted by molar-refractivity contribution is 5.04. The second kappa shape index (κ2) is 4.04. The van der Waals surface area contributed by atoms with Gasteiger partial charge in [0.2, 0.25) is 6.04 Å². The molecular formula is C7H13NO2. The average molecular weight is 143 g/mol. The van der Waals surface area contributed by atoms with Crippen molar-refractivity contribution < 1.29 is 4.92 Å². The normalized spacial score (nSPS) is 14.9. The lowest BCUT2D eigenvalue weighted by atomic mass is 10.1. The van der Waals surface area contributed by atoms with Crippen molar-refractivity contribution in [2.45, 2.75) is 33.2 Å². The van der Waals surface area contributed by atoms with Crippen molar-refractivity contribution >= 4 is 0 Å². The van der Waals surface area contributed by atoms with E-state index in [-0.39, 0.29) is 4.92 Å². The van der Waals surface area contributed by atoms with Gasteiger partial charge in [0.25, 0.3) is 0 Å². The Labute approximate surface area is 60.9 Å². The van der Waals surface area contributed by atoms with Gasteiger partial charge in [-0.3, -0.25) is 10.1 Å². The van der Waals surface area contributed by atoms with Crippen molar-refractivity contribution in [3.05, 3.63) is 21.8 Å². The Hall–Kier alpha value is -0.860. The third-order valence-corrected chi connectivity index (χ3v) is 1.63. The van der Waals surface area contributed by atoms with E-state index in [2.05, 4.69) is 0 Å². The predicted molar refractivity (Wildman–Crippen MR) is 40.5 cm³/mol. The molecule has 0 aliphatic rings. The molecule has 0 aromatic heterocycles. The van der Waals surface area contributed by atoms with Gasteiger partial charge in [-0.15, -0.1) is 0 Å². The maximum atomic E-state index is 10.2. The highest BCUT2D eigenvalue weighted by Gasteiger charge is 2.15. The SMILES string of the molecule is CC=C(CC)C(C)[N+](=O)[O-]. The van der Waals surface area contributed by atoms with Crippen LogP contribution >= 0.6 is 0 Å². The molecule has 3 nitrogen and oxygen atoms in total. The van der Waals surface area contributed by atoms with Gasteiger partial charge in [-0.25, -0.2) is 0 Å². The first-order chi connectivity index (χ1) is 4.63. The predicted octanol–water partition coefficient (Wildman–Crippen LogP) is 2.01. The summed E-state index contributed by atoms with van der Waals surface area (Å²) in [4.78, 5) is 9.96. The van der Waals surface area contributed by atoms with E-state index in [0.717, 1.165) is 12.0 Å². The molecule has 0 radical (unpaired) electrons. The molecule has 3 heteroatoms. The Morgan fingerprint density at radius 2 is 2.30 bits per heavy atom. The third-order valence-electron chi connectivity index (χ3n) is 1.63. The summed E-state index contributed by atoms with van der Waals surface area (Å²) >= 11 is 0. The Morgan fingerprint density at radius 1 is 1.80 bits per heavy atom. The smallest absolute Gasteiger partial charge is 0.231 e. The number of hydrogen-bond acceptors (Lipinski definition) is 2. The molecule has 0 aliphatic heterocycles. The van der Waals surface area contributed by atoms with Gasteiger partial charge >= 0.3 is 0 Å². The summed E-state index contributed by atoms with van der Waals surface area (Å²) in [6.45, 7) is 5.37. The van der Waals surface area contributed by atoms with E-state index in [9.17, 15) is 10.1 Å². The number of hydrogen-bond donors (Lipinski definition) is 0. The molecule has 0 aromatic rings. The largest absolute Gasteiger partial charge is 0.264 e. The molecule has 0 aliphatic carbocycles. The van der Waals surface area contributed by atoms with Crippen LogP contribution in [0.1, 0.15) is 27.2 Å². The van der Waals surface area contributed by atoms with E-state index >= 15 is 0 Å². The maximum absolute atomic E-state index is 10.2. The van der Waals surface area contributed by atoms with E-state index in [4.69, 9.17) is 0 Å². The first-order valence-electron chi connectivity index (χ1n) is 3.42. The van der Waals surface area contributed by atoms with Crippen molar-refractivity contribution in [2.75, 3.05) is 0 Å².